The van der Waals surface area contributed by atoms with Crippen LogP contribution in [0.15, 0.2) is 0 Å². The average molecular weight is 186 g/mol. The summed E-state index contributed by atoms with van der Waals surface area (Å²) in [6.07, 6.45) is 4.38. The molecule has 13 heavy (non-hydrogen) atoms. The van der Waals surface area contributed by atoms with Crippen molar-refractivity contribution in [1.82, 2.24) is 0 Å². The summed E-state index contributed by atoms with van der Waals surface area (Å²) in [5, 5.41) is 0. The smallest absolute Gasteiger partial charge is 0.0704 e. The maximum absolute atomic E-state index is 5.57. The summed E-state index contributed by atoms with van der Waals surface area (Å²) >= 11 is 0. The maximum Gasteiger partial charge on any atom is 0.0704 e. The molecular weight excluding hydrogens is 164 g/mol. The van der Waals surface area contributed by atoms with Crippen LogP contribution in [0.2, 0.25) is 0 Å². The first kappa shape index (κ1) is 11.0. The van der Waals surface area contributed by atoms with Gasteiger partial charge in [-0.15, -0.1) is 0 Å². The van der Waals surface area contributed by atoms with Crippen LogP contribution in [0.3, 0.4) is 0 Å². The molecule has 78 valence electrons. The van der Waals surface area contributed by atoms with Crippen molar-refractivity contribution < 1.29 is 9.47 Å². The first-order valence-corrected chi connectivity index (χ1v) is 5.27. The third-order valence-electron chi connectivity index (χ3n) is 2.17. The largest absolute Gasteiger partial charge is 0.379 e. The average Bonchev–Trinajstić information content (AvgIpc) is 1.90. The van der Waals surface area contributed by atoms with Crippen LogP contribution in [0.25, 0.3) is 0 Å². The second-order valence-corrected chi connectivity index (χ2v) is 5.04. The van der Waals surface area contributed by atoms with Gasteiger partial charge in [0.05, 0.1) is 25.9 Å². The van der Waals surface area contributed by atoms with E-state index in [1.807, 2.05) is 0 Å². The fraction of sp³-hybridized carbons (Fsp3) is 1.00. The van der Waals surface area contributed by atoms with Crippen LogP contribution < -0.4 is 0 Å². The van der Waals surface area contributed by atoms with E-state index < -0.39 is 0 Å². The highest BCUT2D eigenvalue weighted by Crippen LogP contribution is 2.21. The molecule has 0 aromatic rings. The zero-order valence-electron chi connectivity index (χ0n) is 9.14. The summed E-state index contributed by atoms with van der Waals surface area (Å²) in [5.74, 6) is 0. The Morgan fingerprint density at radius 3 is 2.31 bits per heavy atom. The van der Waals surface area contributed by atoms with E-state index in [1.54, 1.807) is 0 Å². The van der Waals surface area contributed by atoms with E-state index in [0.29, 0.717) is 6.10 Å². The molecular formula is C11H22O2. The molecule has 0 bridgehead atoms. The number of hydrogen-bond donors (Lipinski definition) is 0. The monoisotopic (exact) mass is 186 g/mol. The summed E-state index contributed by atoms with van der Waals surface area (Å²) in [7, 11) is 0. The van der Waals surface area contributed by atoms with Crippen molar-refractivity contribution in [3.05, 3.63) is 0 Å². The van der Waals surface area contributed by atoms with Crippen LogP contribution in [0.4, 0.5) is 0 Å². The highest BCUT2D eigenvalue weighted by molar-refractivity contribution is 4.68. The van der Waals surface area contributed by atoms with Gasteiger partial charge in [0.15, 0.2) is 0 Å². The van der Waals surface area contributed by atoms with E-state index in [0.717, 1.165) is 19.8 Å². The quantitative estimate of drug-likeness (QED) is 0.614. The van der Waals surface area contributed by atoms with E-state index in [1.165, 1.54) is 19.3 Å². The van der Waals surface area contributed by atoms with Crippen LogP contribution in [0, 0.1) is 5.41 Å². The topological polar surface area (TPSA) is 18.5 Å². The highest BCUT2D eigenvalue weighted by atomic mass is 16.5. The van der Waals surface area contributed by atoms with Crippen molar-refractivity contribution in [2.24, 2.45) is 5.41 Å². The molecule has 2 nitrogen and oxygen atoms in total. The lowest BCUT2D eigenvalue weighted by Gasteiger charge is -2.25. The van der Waals surface area contributed by atoms with Gasteiger partial charge in [-0.1, -0.05) is 20.8 Å². The van der Waals surface area contributed by atoms with E-state index in [9.17, 15) is 0 Å². The molecule has 0 aromatic carbocycles. The minimum atomic E-state index is 0.274. The second kappa shape index (κ2) is 4.97. The SMILES string of the molecule is CC(C)(C)COCCOC1CCC1. The van der Waals surface area contributed by atoms with Gasteiger partial charge in [-0.05, 0) is 24.7 Å². The van der Waals surface area contributed by atoms with Crippen LogP contribution >= 0.6 is 0 Å². The fourth-order valence-electron chi connectivity index (χ4n) is 1.19. The fourth-order valence-corrected chi connectivity index (χ4v) is 1.19. The van der Waals surface area contributed by atoms with E-state index >= 15 is 0 Å². The zero-order chi connectivity index (χ0) is 9.73. The normalized spacial score (nSPS) is 18.7. The summed E-state index contributed by atoms with van der Waals surface area (Å²) < 4.78 is 11.1. The molecule has 0 atom stereocenters. The van der Waals surface area contributed by atoms with Crippen molar-refractivity contribution in [3.63, 3.8) is 0 Å². The molecule has 1 rings (SSSR count). The van der Waals surface area contributed by atoms with Gasteiger partial charge in [-0.3, -0.25) is 0 Å². The van der Waals surface area contributed by atoms with Crippen LogP contribution in [-0.4, -0.2) is 25.9 Å². The van der Waals surface area contributed by atoms with Crippen LogP contribution in [-0.2, 0) is 9.47 Å². The van der Waals surface area contributed by atoms with Crippen molar-refractivity contribution in [2.45, 2.75) is 46.1 Å². The van der Waals surface area contributed by atoms with Crippen LogP contribution in [0.1, 0.15) is 40.0 Å². The molecule has 0 aliphatic heterocycles. The van der Waals surface area contributed by atoms with Gasteiger partial charge in [0.1, 0.15) is 0 Å². The highest BCUT2D eigenvalue weighted by Gasteiger charge is 2.17. The van der Waals surface area contributed by atoms with E-state index in [2.05, 4.69) is 20.8 Å². The zero-order valence-corrected chi connectivity index (χ0v) is 9.14. The maximum atomic E-state index is 5.57. The number of ether oxygens (including phenoxy) is 2. The molecule has 0 heterocycles. The van der Waals surface area contributed by atoms with Crippen molar-refractivity contribution in [1.29, 1.82) is 0 Å². The minimum Gasteiger partial charge on any atom is -0.379 e. The predicted octanol–water partition coefficient (Wildman–Crippen LogP) is 2.62. The molecule has 0 saturated heterocycles. The summed E-state index contributed by atoms with van der Waals surface area (Å²) in [5.41, 5.74) is 0.274. The Labute approximate surface area is 81.6 Å². The molecule has 2 heteroatoms. The summed E-state index contributed by atoms with van der Waals surface area (Å²) in [6.45, 7) is 8.87. The Morgan fingerprint density at radius 2 is 1.85 bits per heavy atom. The molecule has 0 unspecified atom stereocenters. The Hall–Kier alpha value is -0.0800. The van der Waals surface area contributed by atoms with Crippen molar-refractivity contribution >= 4 is 0 Å². The van der Waals surface area contributed by atoms with E-state index in [-0.39, 0.29) is 5.41 Å². The molecule has 0 N–H and O–H groups in total. The Bertz CT molecular complexity index is 134. The van der Waals surface area contributed by atoms with Gasteiger partial charge >= 0.3 is 0 Å². The van der Waals surface area contributed by atoms with Crippen LogP contribution in [0.5, 0.6) is 0 Å². The van der Waals surface area contributed by atoms with E-state index in [4.69, 9.17) is 9.47 Å². The lowest BCUT2D eigenvalue weighted by atomic mass is 9.96. The van der Waals surface area contributed by atoms with Crippen molar-refractivity contribution in [2.75, 3.05) is 19.8 Å². The lowest BCUT2D eigenvalue weighted by Crippen LogP contribution is -2.24. The Balaban J connectivity index is 1.83. The van der Waals surface area contributed by atoms with Gasteiger partial charge < -0.3 is 9.47 Å². The molecule has 1 fully saturated rings. The van der Waals surface area contributed by atoms with Gasteiger partial charge in [0.25, 0.3) is 0 Å². The molecule has 1 aliphatic carbocycles. The molecule has 1 saturated carbocycles. The summed E-state index contributed by atoms with van der Waals surface area (Å²) in [6, 6.07) is 0. The van der Waals surface area contributed by atoms with Gasteiger partial charge in [0.2, 0.25) is 0 Å². The first-order valence-electron chi connectivity index (χ1n) is 5.27. The molecule has 0 aromatic heterocycles. The third kappa shape index (κ3) is 5.27. The minimum absolute atomic E-state index is 0.274. The first-order chi connectivity index (χ1) is 6.08. The Kier molecular flexibility index (Phi) is 4.20. The van der Waals surface area contributed by atoms with Gasteiger partial charge in [0, 0.05) is 0 Å². The Morgan fingerprint density at radius 1 is 1.15 bits per heavy atom. The lowest BCUT2D eigenvalue weighted by molar-refractivity contribution is -0.0379. The molecule has 1 aliphatic rings. The number of rotatable bonds is 5. The predicted molar refractivity (Wildman–Crippen MR) is 53.9 cm³/mol. The second-order valence-electron chi connectivity index (χ2n) is 5.04. The summed E-state index contributed by atoms with van der Waals surface area (Å²) in [4.78, 5) is 0. The van der Waals surface area contributed by atoms with Gasteiger partial charge in [-0.2, -0.15) is 0 Å². The van der Waals surface area contributed by atoms with Crippen molar-refractivity contribution in [3.8, 4) is 0 Å². The molecule has 0 spiro atoms. The molecule has 0 amide bonds. The third-order valence-corrected chi connectivity index (χ3v) is 2.17. The standard InChI is InChI=1S/C11H22O2/c1-11(2,3)9-12-7-8-13-10-5-4-6-10/h10H,4-9H2,1-3H3. The van der Waals surface area contributed by atoms with Gasteiger partial charge in [-0.25, -0.2) is 0 Å². The number of hydrogen-bond acceptors (Lipinski definition) is 2. The molecule has 0 radical (unpaired) electrons.